The molecule has 0 bridgehead atoms. The Labute approximate surface area is 110 Å². The first-order valence-electron chi connectivity index (χ1n) is 3.73. The van der Waals surface area contributed by atoms with Crippen LogP contribution in [0.2, 0.25) is 0 Å². The molecule has 7 heteroatoms. The minimum Gasteiger partial charge on any atom is -0.744 e. The fourth-order valence-electron chi connectivity index (χ4n) is 0.917. The average molecular weight is 237 g/mol. The maximum Gasteiger partial charge on any atom is 1.00 e. The van der Waals surface area contributed by atoms with E-state index in [1.807, 2.05) is 0 Å². The zero-order valence-electron chi connectivity index (χ0n) is 8.35. The van der Waals surface area contributed by atoms with Crippen LogP contribution in [-0.4, -0.2) is 25.9 Å². The summed E-state index contributed by atoms with van der Waals surface area (Å²) >= 11 is 0. The van der Waals surface area contributed by atoms with Crippen LogP contribution in [0.15, 0.2) is 29.2 Å². The number of benzene rings is 1. The maximum absolute atomic E-state index is 11.0. The number of nitrogens with one attached hydrogen (secondary N) is 1. The summed E-state index contributed by atoms with van der Waals surface area (Å²) < 4.78 is 31.6. The molecule has 1 aromatic carbocycles. The Kier molecular flexibility index (Phi) is 5.47. The predicted octanol–water partition coefficient (Wildman–Crippen LogP) is -3.05. The molecular weight excluding hydrogens is 229 g/mol. The molecule has 15 heavy (non-hydrogen) atoms. The van der Waals surface area contributed by atoms with E-state index in [2.05, 4.69) is 5.32 Å². The van der Waals surface area contributed by atoms with Crippen LogP contribution in [0.25, 0.3) is 0 Å². The van der Waals surface area contributed by atoms with Crippen LogP contribution < -0.4 is 34.9 Å². The fourth-order valence-corrected chi connectivity index (χ4v) is 1.39. The number of hydrogen-bond acceptors (Lipinski definition) is 4. The van der Waals surface area contributed by atoms with Crippen molar-refractivity contribution in [1.82, 2.24) is 5.32 Å². The molecule has 0 radical (unpaired) electrons. The Morgan fingerprint density at radius 3 is 2.07 bits per heavy atom. The van der Waals surface area contributed by atoms with Gasteiger partial charge in [-0.25, -0.2) is 8.42 Å². The molecule has 0 saturated carbocycles. The quantitative estimate of drug-likeness (QED) is 0.437. The summed E-state index contributed by atoms with van der Waals surface area (Å²) in [4.78, 5) is 10.7. The van der Waals surface area contributed by atoms with E-state index in [9.17, 15) is 17.8 Å². The van der Waals surface area contributed by atoms with Crippen molar-refractivity contribution in [1.29, 1.82) is 0 Å². The van der Waals surface area contributed by atoms with E-state index in [-0.39, 0.29) is 40.4 Å². The summed E-state index contributed by atoms with van der Waals surface area (Å²) in [5.74, 6) is -0.333. The molecule has 0 unspecified atom stereocenters. The summed E-state index contributed by atoms with van der Waals surface area (Å²) in [6.45, 7) is 0. The van der Waals surface area contributed by atoms with Crippen LogP contribution >= 0.6 is 0 Å². The Hall–Kier alpha value is -0.400. The Morgan fingerprint density at radius 2 is 1.73 bits per heavy atom. The second-order valence-corrected chi connectivity index (χ2v) is 3.94. The van der Waals surface area contributed by atoms with Gasteiger partial charge in [0.15, 0.2) is 0 Å². The average Bonchev–Trinajstić information content (AvgIpc) is 2.15. The van der Waals surface area contributed by atoms with Crippen molar-refractivity contribution < 1.29 is 47.3 Å². The predicted molar refractivity (Wildman–Crippen MR) is 47.8 cm³/mol. The van der Waals surface area contributed by atoms with Gasteiger partial charge in [0.05, 0.1) is 4.90 Å². The van der Waals surface area contributed by atoms with Crippen LogP contribution in [0, 0.1) is 0 Å². The van der Waals surface area contributed by atoms with Crippen LogP contribution in [0.1, 0.15) is 10.4 Å². The van der Waals surface area contributed by atoms with E-state index in [1.165, 1.54) is 19.2 Å². The van der Waals surface area contributed by atoms with E-state index < -0.39 is 10.1 Å². The molecular formula is C8H8NNaO4S. The standard InChI is InChI=1S/C8H9NO4S.Na/c1-9-8(10)6-2-4-7(5-3-6)14(11,12)13;/h2-5H,1H3,(H,9,10)(H,11,12,13);/q;+1/p-1. The molecule has 0 heterocycles. The number of rotatable bonds is 2. The monoisotopic (exact) mass is 237 g/mol. The van der Waals surface area contributed by atoms with Crippen LogP contribution in [0.4, 0.5) is 0 Å². The van der Waals surface area contributed by atoms with Gasteiger partial charge in [-0.05, 0) is 24.3 Å². The van der Waals surface area contributed by atoms with Gasteiger partial charge in [-0.3, -0.25) is 4.79 Å². The van der Waals surface area contributed by atoms with Gasteiger partial charge < -0.3 is 9.87 Å². The molecule has 0 spiro atoms. The molecule has 1 N–H and O–H groups in total. The summed E-state index contributed by atoms with van der Waals surface area (Å²) in [7, 11) is -2.97. The third-order valence-electron chi connectivity index (χ3n) is 1.63. The summed E-state index contributed by atoms with van der Waals surface area (Å²) in [6, 6.07) is 4.77. The molecule has 0 atom stereocenters. The SMILES string of the molecule is CNC(=O)c1ccc(S(=O)(=O)[O-])cc1.[Na+]. The largest absolute Gasteiger partial charge is 1.00 e. The molecule has 0 fully saturated rings. The molecule has 0 aliphatic rings. The van der Waals surface area contributed by atoms with Crippen molar-refractivity contribution in [2.75, 3.05) is 7.05 Å². The van der Waals surface area contributed by atoms with Crippen molar-refractivity contribution in [2.24, 2.45) is 0 Å². The van der Waals surface area contributed by atoms with E-state index in [0.29, 0.717) is 5.56 Å². The van der Waals surface area contributed by atoms with Crippen LogP contribution in [0.3, 0.4) is 0 Å². The maximum atomic E-state index is 11.0. The summed E-state index contributed by atoms with van der Waals surface area (Å²) in [6.07, 6.45) is 0. The van der Waals surface area contributed by atoms with Gasteiger partial charge in [0.25, 0.3) is 5.91 Å². The molecule has 0 aliphatic heterocycles. The number of amides is 1. The first-order valence-corrected chi connectivity index (χ1v) is 5.14. The second kappa shape index (κ2) is 5.62. The Balaban J connectivity index is 0.00000196. The van der Waals surface area contributed by atoms with Crippen molar-refractivity contribution in [3.8, 4) is 0 Å². The zero-order chi connectivity index (χ0) is 10.8. The number of carbonyl (C=O) groups excluding carboxylic acids is 1. The first-order chi connectivity index (χ1) is 6.45. The van der Waals surface area contributed by atoms with Crippen molar-refractivity contribution in [2.45, 2.75) is 4.90 Å². The third-order valence-corrected chi connectivity index (χ3v) is 2.48. The molecule has 0 aromatic heterocycles. The Morgan fingerprint density at radius 1 is 1.27 bits per heavy atom. The van der Waals surface area contributed by atoms with Gasteiger partial charge in [0, 0.05) is 12.6 Å². The van der Waals surface area contributed by atoms with Crippen molar-refractivity contribution >= 4 is 16.0 Å². The van der Waals surface area contributed by atoms with E-state index in [0.717, 1.165) is 12.1 Å². The van der Waals surface area contributed by atoms with Crippen LogP contribution in [-0.2, 0) is 10.1 Å². The van der Waals surface area contributed by atoms with E-state index in [1.54, 1.807) is 0 Å². The first kappa shape index (κ1) is 14.6. The molecule has 0 saturated heterocycles. The summed E-state index contributed by atoms with van der Waals surface area (Å²) in [5, 5.41) is 2.37. The second-order valence-electron chi connectivity index (χ2n) is 2.56. The third kappa shape index (κ3) is 3.92. The van der Waals surface area contributed by atoms with Crippen molar-refractivity contribution in [3.05, 3.63) is 29.8 Å². The normalized spacial score (nSPS) is 10.3. The molecule has 1 rings (SSSR count). The molecule has 1 aromatic rings. The van der Waals surface area contributed by atoms with Crippen LogP contribution in [0.5, 0.6) is 0 Å². The van der Waals surface area contributed by atoms with E-state index in [4.69, 9.17) is 0 Å². The molecule has 76 valence electrons. The Bertz CT molecular complexity index is 440. The van der Waals surface area contributed by atoms with Gasteiger partial charge in [0.1, 0.15) is 10.1 Å². The van der Waals surface area contributed by atoms with Gasteiger partial charge in [-0.15, -0.1) is 0 Å². The van der Waals surface area contributed by atoms with Gasteiger partial charge in [-0.1, -0.05) is 0 Å². The van der Waals surface area contributed by atoms with Gasteiger partial charge in [0.2, 0.25) is 0 Å². The molecule has 0 aliphatic carbocycles. The molecule has 1 amide bonds. The summed E-state index contributed by atoms with van der Waals surface area (Å²) in [5.41, 5.74) is 0.305. The minimum atomic E-state index is -4.43. The van der Waals surface area contributed by atoms with Gasteiger partial charge in [-0.2, -0.15) is 0 Å². The van der Waals surface area contributed by atoms with E-state index >= 15 is 0 Å². The number of carbonyl (C=O) groups is 1. The van der Waals surface area contributed by atoms with Crippen molar-refractivity contribution in [3.63, 3.8) is 0 Å². The minimum absolute atomic E-state index is 0. The van der Waals surface area contributed by atoms with Gasteiger partial charge >= 0.3 is 29.6 Å². The molecule has 5 nitrogen and oxygen atoms in total. The topological polar surface area (TPSA) is 86.3 Å². The zero-order valence-corrected chi connectivity index (χ0v) is 11.2. The smallest absolute Gasteiger partial charge is 0.744 e. The number of hydrogen-bond donors (Lipinski definition) is 1. The fraction of sp³-hybridized carbons (Fsp3) is 0.125.